The molecule has 0 aliphatic carbocycles. The summed E-state index contributed by atoms with van der Waals surface area (Å²) in [6.45, 7) is 2.87. The number of amides is 1. The summed E-state index contributed by atoms with van der Waals surface area (Å²) < 4.78 is 11.3. The summed E-state index contributed by atoms with van der Waals surface area (Å²) >= 11 is 6.53. The molecule has 2 rings (SSSR count). The Morgan fingerprint density at radius 1 is 1.35 bits per heavy atom. The van der Waals surface area contributed by atoms with Gasteiger partial charge >= 0.3 is 5.97 Å². The minimum atomic E-state index is -0.834. The lowest BCUT2D eigenvalue weighted by Gasteiger charge is -2.13. The average molecular weight is 396 g/mol. The fourth-order valence-electron chi connectivity index (χ4n) is 2.44. The predicted octanol–water partition coefficient (Wildman–Crippen LogP) is 3.55. The highest BCUT2D eigenvalue weighted by molar-refractivity contribution is 8.26. The second-order valence-corrected chi connectivity index (χ2v) is 7.20. The number of aliphatic carboxylic acids is 1. The van der Waals surface area contributed by atoms with E-state index in [1.807, 2.05) is 19.1 Å². The maximum Gasteiger partial charge on any atom is 0.303 e. The Morgan fingerprint density at radius 3 is 2.77 bits per heavy atom. The van der Waals surface area contributed by atoms with Crippen LogP contribution in [0.2, 0.25) is 0 Å². The fraction of sp³-hybridized carbons (Fsp3) is 0.389. The minimum absolute atomic E-state index is 0.0939. The van der Waals surface area contributed by atoms with Gasteiger partial charge in [0, 0.05) is 13.0 Å². The number of carbonyl (C=O) groups excluding carboxylic acids is 1. The van der Waals surface area contributed by atoms with Crippen LogP contribution in [0.1, 0.15) is 31.7 Å². The topological polar surface area (TPSA) is 76.1 Å². The molecule has 0 unspecified atom stereocenters. The molecule has 0 aromatic heterocycles. The molecule has 1 aliphatic heterocycles. The Kier molecular flexibility index (Phi) is 7.47. The molecule has 1 heterocycles. The van der Waals surface area contributed by atoms with Crippen LogP contribution < -0.4 is 9.47 Å². The van der Waals surface area contributed by atoms with Crippen LogP contribution in [0.4, 0.5) is 0 Å². The molecule has 1 aromatic carbocycles. The summed E-state index contributed by atoms with van der Waals surface area (Å²) in [6, 6.07) is 5.47. The molecule has 1 amide bonds. The number of carboxylic acids is 1. The molecular formula is C18H21NO5S2. The number of hydrogen-bond acceptors (Lipinski definition) is 6. The van der Waals surface area contributed by atoms with Crippen LogP contribution >= 0.6 is 24.0 Å². The second kappa shape index (κ2) is 9.59. The maximum atomic E-state index is 12.5. The van der Waals surface area contributed by atoms with Crippen molar-refractivity contribution in [2.45, 2.75) is 26.2 Å². The highest BCUT2D eigenvalue weighted by Gasteiger charge is 2.31. The van der Waals surface area contributed by atoms with Gasteiger partial charge in [0.15, 0.2) is 11.5 Å². The summed E-state index contributed by atoms with van der Waals surface area (Å²) in [7, 11) is 1.57. The molecule has 1 aromatic rings. The van der Waals surface area contributed by atoms with Crippen molar-refractivity contribution in [1.82, 2.24) is 4.90 Å². The van der Waals surface area contributed by atoms with E-state index in [4.69, 9.17) is 26.8 Å². The zero-order chi connectivity index (χ0) is 19.1. The van der Waals surface area contributed by atoms with Gasteiger partial charge in [-0.2, -0.15) is 0 Å². The number of carboxylic acid groups (broad SMARTS) is 1. The van der Waals surface area contributed by atoms with Gasteiger partial charge in [-0.15, -0.1) is 0 Å². The molecule has 0 bridgehead atoms. The Bertz CT molecular complexity index is 732. The molecule has 1 aliphatic rings. The van der Waals surface area contributed by atoms with Crippen molar-refractivity contribution in [2.75, 3.05) is 20.3 Å². The first-order valence-electron chi connectivity index (χ1n) is 8.24. The number of carbonyl (C=O) groups is 2. The maximum absolute atomic E-state index is 12.5. The molecule has 1 N–H and O–H groups in total. The lowest BCUT2D eigenvalue weighted by Crippen LogP contribution is -2.29. The highest BCUT2D eigenvalue weighted by atomic mass is 32.2. The first-order valence-corrected chi connectivity index (χ1v) is 9.46. The SMILES string of the molecule is CCOc1ccc(/C=C2\SC(=S)N(CCCCC(=O)O)C2=O)cc1OC. The number of methoxy groups -OCH3 is 1. The van der Waals surface area contributed by atoms with Crippen molar-refractivity contribution in [3.05, 3.63) is 28.7 Å². The Morgan fingerprint density at radius 2 is 2.12 bits per heavy atom. The van der Waals surface area contributed by atoms with Crippen molar-refractivity contribution < 1.29 is 24.2 Å². The van der Waals surface area contributed by atoms with Crippen LogP contribution in [0, 0.1) is 0 Å². The Balaban J connectivity index is 2.08. The van der Waals surface area contributed by atoms with Crippen LogP contribution in [0.15, 0.2) is 23.1 Å². The van der Waals surface area contributed by atoms with Crippen molar-refractivity contribution in [3.63, 3.8) is 0 Å². The van der Waals surface area contributed by atoms with Crippen molar-refractivity contribution in [1.29, 1.82) is 0 Å². The summed E-state index contributed by atoms with van der Waals surface area (Å²) in [6.07, 6.45) is 2.98. The van der Waals surface area contributed by atoms with Gasteiger partial charge in [-0.05, 0) is 43.5 Å². The van der Waals surface area contributed by atoms with Gasteiger partial charge in [-0.1, -0.05) is 30.0 Å². The van der Waals surface area contributed by atoms with E-state index >= 15 is 0 Å². The van der Waals surface area contributed by atoms with Gasteiger partial charge in [0.05, 0.1) is 18.6 Å². The van der Waals surface area contributed by atoms with E-state index in [0.717, 1.165) is 5.56 Å². The standard InChI is InChI=1S/C18H21NO5S2/c1-3-24-13-8-7-12(10-14(13)23-2)11-15-17(22)19(18(25)26-15)9-5-4-6-16(20)21/h7-8,10-11H,3-6,9H2,1-2H3,(H,20,21)/b15-11-. The third kappa shape index (κ3) is 5.22. The zero-order valence-corrected chi connectivity index (χ0v) is 16.3. The van der Waals surface area contributed by atoms with Crippen LogP contribution in [-0.4, -0.2) is 46.5 Å². The molecule has 8 heteroatoms. The Hall–Kier alpha value is -2.06. The van der Waals surface area contributed by atoms with Crippen LogP contribution in [-0.2, 0) is 9.59 Å². The van der Waals surface area contributed by atoms with Crippen LogP contribution in [0.3, 0.4) is 0 Å². The molecule has 0 atom stereocenters. The highest BCUT2D eigenvalue weighted by Crippen LogP contribution is 2.34. The third-order valence-corrected chi connectivity index (χ3v) is 5.06. The number of benzene rings is 1. The van der Waals surface area contributed by atoms with Crippen LogP contribution in [0.5, 0.6) is 11.5 Å². The molecule has 26 heavy (non-hydrogen) atoms. The van der Waals surface area contributed by atoms with E-state index in [1.165, 1.54) is 16.7 Å². The fourth-order valence-corrected chi connectivity index (χ4v) is 3.75. The van der Waals surface area contributed by atoms with Crippen molar-refractivity contribution in [3.8, 4) is 11.5 Å². The first kappa shape index (κ1) is 20.3. The molecule has 1 fully saturated rings. The monoisotopic (exact) mass is 395 g/mol. The Labute approximate surface area is 162 Å². The summed E-state index contributed by atoms with van der Waals surface area (Å²) in [5, 5.41) is 8.67. The van der Waals surface area contributed by atoms with Gasteiger partial charge < -0.3 is 14.6 Å². The van der Waals surface area contributed by atoms with E-state index in [-0.39, 0.29) is 12.3 Å². The molecule has 0 spiro atoms. The second-order valence-electron chi connectivity index (χ2n) is 5.53. The van der Waals surface area contributed by atoms with E-state index < -0.39 is 5.97 Å². The van der Waals surface area contributed by atoms with E-state index in [0.29, 0.717) is 46.7 Å². The quantitative estimate of drug-likeness (QED) is 0.389. The van der Waals surface area contributed by atoms with Gasteiger partial charge in [0.1, 0.15) is 4.32 Å². The molecule has 0 saturated carbocycles. The molecule has 6 nitrogen and oxygen atoms in total. The number of ether oxygens (including phenoxy) is 2. The number of unbranched alkanes of at least 4 members (excludes halogenated alkanes) is 1. The van der Waals surface area contributed by atoms with E-state index in [9.17, 15) is 9.59 Å². The van der Waals surface area contributed by atoms with Gasteiger partial charge in [0.2, 0.25) is 0 Å². The summed E-state index contributed by atoms with van der Waals surface area (Å²) in [4.78, 5) is 25.2. The van der Waals surface area contributed by atoms with Gasteiger partial charge in [-0.25, -0.2) is 0 Å². The van der Waals surface area contributed by atoms with Crippen LogP contribution in [0.25, 0.3) is 6.08 Å². The lowest BCUT2D eigenvalue weighted by molar-refractivity contribution is -0.137. The van der Waals surface area contributed by atoms with E-state index in [1.54, 1.807) is 19.3 Å². The average Bonchev–Trinajstić information content (AvgIpc) is 2.87. The third-order valence-electron chi connectivity index (χ3n) is 3.68. The lowest BCUT2D eigenvalue weighted by atomic mass is 10.2. The predicted molar refractivity (Wildman–Crippen MR) is 106 cm³/mol. The van der Waals surface area contributed by atoms with Gasteiger partial charge in [-0.3, -0.25) is 14.5 Å². The molecule has 0 radical (unpaired) electrons. The summed E-state index contributed by atoms with van der Waals surface area (Å²) in [5.41, 5.74) is 0.816. The normalized spacial score (nSPS) is 15.6. The largest absolute Gasteiger partial charge is 0.493 e. The molecule has 140 valence electrons. The number of nitrogens with zero attached hydrogens (tertiary/aromatic N) is 1. The number of hydrogen-bond donors (Lipinski definition) is 1. The number of thiocarbonyl (C=S) groups is 1. The zero-order valence-electron chi connectivity index (χ0n) is 14.7. The number of thioether (sulfide) groups is 1. The molecular weight excluding hydrogens is 374 g/mol. The van der Waals surface area contributed by atoms with E-state index in [2.05, 4.69) is 0 Å². The molecule has 1 saturated heterocycles. The first-order chi connectivity index (χ1) is 12.5. The van der Waals surface area contributed by atoms with Gasteiger partial charge in [0.25, 0.3) is 5.91 Å². The minimum Gasteiger partial charge on any atom is -0.493 e. The summed E-state index contributed by atoms with van der Waals surface area (Å²) in [5.74, 6) is 0.269. The number of rotatable bonds is 9. The van der Waals surface area contributed by atoms with Crippen molar-refractivity contribution in [2.24, 2.45) is 0 Å². The van der Waals surface area contributed by atoms with Crippen molar-refractivity contribution >= 4 is 46.3 Å². The smallest absolute Gasteiger partial charge is 0.303 e.